The van der Waals surface area contributed by atoms with Crippen LogP contribution in [-0.2, 0) is 11.2 Å². The predicted octanol–water partition coefficient (Wildman–Crippen LogP) is 0.707. The van der Waals surface area contributed by atoms with Crippen LogP contribution >= 0.6 is 0 Å². The van der Waals surface area contributed by atoms with Crippen molar-refractivity contribution in [2.45, 2.75) is 18.9 Å². The molecule has 1 saturated heterocycles. The third kappa shape index (κ3) is 3.06. The summed E-state index contributed by atoms with van der Waals surface area (Å²) >= 11 is 0. The van der Waals surface area contributed by atoms with Crippen LogP contribution in [0.1, 0.15) is 12.0 Å². The maximum absolute atomic E-state index is 11.1. The van der Waals surface area contributed by atoms with Crippen LogP contribution in [0.5, 0.6) is 0 Å². The van der Waals surface area contributed by atoms with Crippen LogP contribution in [0.25, 0.3) is 0 Å². The van der Waals surface area contributed by atoms with Crippen molar-refractivity contribution in [3.8, 4) is 0 Å². The highest BCUT2D eigenvalue weighted by Crippen LogP contribution is 2.05. The second-order valence-corrected chi connectivity index (χ2v) is 3.92. The number of amides is 1. The van der Waals surface area contributed by atoms with E-state index < -0.39 is 0 Å². The average molecular weight is 204 g/mol. The first-order valence-corrected chi connectivity index (χ1v) is 5.38. The Balaban J connectivity index is 1.80. The zero-order chi connectivity index (χ0) is 10.5. The lowest BCUT2D eigenvalue weighted by atomic mass is 10.0. The van der Waals surface area contributed by atoms with Gasteiger partial charge in [0.05, 0.1) is 6.54 Å². The molecule has 1 aliphatic rings. The SMILES string of the molecule is O=C1CNCC(CCc2ccccc2)N1. The van der Waals surface area contributed by atoms with Crippen LogP contribution in [0.15, 0.2) is 30.3 Å². The second kappa shape index (κ2) is 4.94. The third-order valence-corrected chi connectivity index (χ3v) is 2.67. The van der Waals surface area contributed by atoms with E-state index in [-0.39, 0.29) is 11.9 Å². The standard InChI is InChI=1S/C12H16N2O/c15-12-9-13-8-11(14-12)7-6-10-4-2-1-3-5-10/h1-5,11,13H,6-9H2,(H,14,15). The molecule has 1 amide bonds. The minimum atomic E-state index is 0.110. The molecule has 1 fully saturated rings. The lowest BCUT2D eigenvalue weighted by Crippen LogP contribution is -2.52. The number of benzene rings is 1. The zero-order valence-corrected chi connectivity index (χ0v) is 8.70. The fourth-order valence-electron chi connectivity index (χ4n) is 1.85. The molecule has 0 radical (unpaired) electrons. The number of nitrogens with one attached hydrogen (secondary N) is 2. The predicted molar refractivity (Wildman–Crippen MR) is 59.6 cm³/mol. The van der Waals surface area contributed by atoms with Crippen molar-refractivity contribution in [1.82, 2.24) is 10.6 Å². The molecule has 0 bridgehead atoms. The lowest BCUT2D eigenvalue weighted by Gasteiger charge is -2.24. The Hall–Kier alpha value is -1.35. The average Bonchev–Trinajstić information content (AvgIpc) is 2.28. The summed E-state index contributed by atoms with van der Waals surface area (Å²) in [7, 11) is 0. The van der Waals surface area contributed by atoms with Crippen molar-refractivity contribution in [3.63, 3.8) is 0 Å². The Bertz CT molecular complexity index is 324. The monoisotopic (exact) mass is 204 g/mol. The van der Waals surface area contributed by atoms with Crippen LogP contribution < -0.4 is 10.6 Å². The van der Waals surface area contributed by atoms with Gasteiger partial charge in [-0.05, 0) is 18.4 Å². The number of hydrogen-bond donors (Lipinski definition) is 2. The van der Waals surface area contributed by atoms with Crippen molar-refractivity contribution in [2.75, 3.05) is 13.1 Å². The van der Waals surface area contributed by atoms with Crippen molar-refractivity contribution in [1.29, 1.82) is 0 Å². The zero-order valence-electron chi connectivity index (χ0n) is 8.70. The van der Waals surface area contributed by atoms with E-state index in [0.717, 1.165) is 19.4 Å². The minimum Gasteiger partial charge on any atom is -0.351 e. The first kappa shape index (κ1) is 10.2. The summed E-state index contributed by atoms with van der Waals surface area (Å²) in [5.41, 5.74) is 1.33. The minimum absolute atomic E-state index is 0.110. The summed E-state index contributed by atoms with van der Waals surface area (Å²) in [6.45, 7) is 1.35. The molecule has 2 rings (SSSR count). The molecule has 15 heavy (non-hydrogen) atoms. The van der Waals surface area contributed by atoms with Gasteiger partial charge in [-0.3, -0.25) is 4.79 Å². The molecule has 1 aliphatic heterocycles. The van der Waals surface area contributed by atoms with Gasteiger partial charge in [0.1, 0.15) is 0 Å². The van der Waals surface area contributed by atoms with Crippen molar-refractivity contribution >= 4 is 5.91 Å². The van der Waals surface area contributed by atoms with Gasteiger partial charge < -0.3 is 10.6 Å². The van der Waals surface area contributed by atoms with E-state index in [4.69, 9.17) is 0 Å². The van der Waals surface area contributed by atoms with Crippen molar-refractivity contribution in [2.24, 2.45) is 0 Å². The van der Waals surface area contributed by atoms with E-state index in [1.165, 1.54) is 5.56 Å². The number of rotatable bonds is 3. The Morgan fingerprint density at radius 2 is 2.07 bits per heavy atom. The Labute approximate surface area is 89.9 Å². The summed E-state index contributed by atoms with van der Waals surface area (Å²) < 4.78 is 0. The van der Waals surface area contributed by atoms with Crippen LogP contribution in [0, 0.1) is 0 Å². The molecule has 0 spiro atoms. The molecule has 2 N–H and O–H groups in total. The highest BCUT2D eigenvalue weighted by molar-refractivity contribution is 5.79. The molecule has 1 aromatic carbocycles. The molecule has 1 unspecified atom stereocenters. The lowest BCUT2D eigenvalue weighted by molar-refractivity contribution is -0.122. The summed E-state index contributed by atoms with van der Waals surface area (Å²) in [5, 5.41) is 6.09. The summed E-state index contributed by atoms with van der Waals surface area (Å²) in [4.78, 5) is 11.1. The largest absolute Gasteiger partial charge is 0.351 e. The number of hydrogen-bond acceptors (Lipinski definition) is 2. The van der Waals surface area contributed by atoms with Crippen molar-refractivity contribution < 1.29 is 4.79 Å². The Kier molecular flexibility index (Phi) is 3.35. The van der Waals surface area contributed by atoms with Gasteiger partial charge in [-0.1, -0.05) is 30.3 Å². The molecule has 1 aromatic rings. The summed E-state index contributed by atoms with van der Waals surface area (Å²) in [6.07, 6.45) is 2.02. The second-order valence-electron chi connectivity index (χ2n) is 3.92. The molecule has 1 heterocycles. The van der Waals surface area contributed by atoms with E-state index in [1.54, 1.807) is 0 Å². The van der Waals surface area contributed by atoms with Crippen LogP contribution in [0.3, 0.4) is 0 Å². The molecule has 0 saturated carbocycles. The molecule has 3 nitrogen and oxygen atoms in total. The maximum Gasteiger partial charge on any atom is 0.234 e. The summed E-state index contributed by atoms with van der Waals surface area (Å²) in [6, 6.07) is 10.6. The van der Waals surface area contributed by atoms with Crippen LogP contribution in [-0.4, -0.2) is 25.0 Å². The third-order valence-electron chi connectivity index (χ3n) is 2.67. The van der Waals surface area contributed by atoms with E-state index in [1.807, 2.05) is 18.2 Å². The smallest absolute Gasteiger partial charge is 0.234 e. The van der Waals surface area contributed by atoms with E-state index in [9.17, 15) is 4.79 Å². The highest BCUT2D eigenvalue weighted by atomic mass is 16.2. The highest BCUT2D eigenvalue weighted by Gasteiger charge is 2.16. The molecule has 1 atom stereocenters. The first-order chi connectivity index (χ1) is 7.34. The number of carbonyl (C=O) groups is 1. The van der Waals surface area contributed by atoms with Crippen LogP contribution in [0.4, 0.5) is 0 Å². The molecular weight excluding hydrogens is 188 g/mol. The van der Waals surface area contributed by atoms with Gasteiger partial charge in [0.25, 0.3) is 0 Å². The Morgan fingerprint density at radius 3 is 2.80 bits per heavy atom. The van der Waals surface area contributed by atoms with E-state index >= 15 is 0 Å². The van der Waals surface area contributed by atoms with E-state index in [2.05, 4.69) is 22.8 Å². The summed E-state index contributed by atoms with van der Waals surface area (Å²) in [5.74, 6) is 0.110. The molecule has 3 heteroatoms. The van der Waals surface area contributed by atoms with Gasteiger partial charge in [-0.15, -0.1) is 0 Å². The molecule has 0 aliphatic carbocycles. The van der Waals surface area contributed by atoms with Gasteiger partial charge in [-0.2, -0.15) is 0 Å². The van der Waals surface area contributed by atoms with Gasteiger partial charge in [0.15, 0.2) is 0 Å². The first-order valence-electron chi connectivity index (χ1n) is 5.38. The van der Waals surface area contributed by atoms with Gasteiger partial charge in [0.2, 0.25) is 5.91 Å². The molecule has 80 valence electrons. The molecular formula is C12H16N2O. The number of carbonyl (C=O) groups excluding carboxylic acids is 1. The van der Waals surface area contributed by atoms with Gasteiger partial charge in [-0.25, -0.2) is 0 Å². The fourth-order valence-corrected chi connectivity index (χ4v) is 1.85. The van der Waals surface area contributed by atoms with Crippen LogP contribution in [0.2, 0.25) is 0 Å². The van der Waals surface area contributed by atoms with Gasteiger partial charge in [0, 0.05) is 12.6 Å². The van der Waals surface area contributed by atoms with E-state index in [0.29, 0.717) is 6.54 Å². The number of piperazine rings is 1. The topological polar surface area (TPSA) is 41.1 Å². The normalized spacial score (nSPS) is 21.1. The van der Waals surface area contributed by atoms with Crippen molar-refractivity contribution in [3.05, 3.63) is 35.9 Å². The molecule has 0 aromatic heterocycles. The Morgan fingerprint density at radius 1 is 1.27 bits per heavy atom. The number of aryl methyl sites for hydroxylation is 1. The fraction of sp³-hybridized carbons (Fsp3) is 0.417. The maximum atomic E-state index is 11.1. The quantitative estimate of drug-likeness (QED) is 0.761. The van der Waals surface area contributed by atoms with Gasteiger partial charge >= 0.3 is 0 Å².